The number of halogens is 1. The number of rotatable bonds is 8. The maximum atomic E-state index is 5.54. The molecule has 2 N–H and O–H groups in total. The summed E-state index contributed by atoms with van der Waals surface area (Å²) < 4.78 is 5.54. The van der Waals surface area contributed by atoms with Crippen molar-refractivity contribution in [3.05, 3.63) is 0 Å². The normalized spacial score (nSPS) is 25.8. The van der Waals surface area contributed by atoms with Gasteiger partial charge in [-0.15, -0.1) is 24.0 Å². The summed E-state index contributed by atoms with van der Waals surface area (Å²) in [6.07, 6.45) is 1.18. The fraction of sp³-hybridized carbons (Fsp3) is 0.952. The van der Waals surface area contributed by atoms with Crippen molar-refractivity contribution in [2.24, 2.45) is 16.8 Å². The summed E-state index contributed by atoms with van der Waals surface area (Å²) in [6.45, 7) is 21.4. The Hall–Kier alpha value is -0.120. The quantitative estimate of drug-likeness (QED) is 0.300. The smallest absolute Gasteiger partial charge is 0.191 e. The van der Waals surface area contributed by atoms with Crippen LogP contribution in [-0.2, 0) is 4.74 Å². The highest BCUT2D eigenvalue weighted by atomic mass is 127. The zero-order valence-electron chi connectivity index (χ0n) is 18.9. The Labute approximate surface area is 190 Å². The molecular weight excluding hydrogens is 465 g/mol. The minimum atomic E-state index is 0. The van der Waals surface area contributed by atoms with Crippen LogP contribution in [0.1, 0.15) is 48.0 Å². The molecule has 0 saturated carbocycles. The second-order valence-electron chi connectivity index (χ2n) is 8.93. The molecule has 0 aromatic carbocycles. The number of aliphatic imine (C=N–C) groups is 1. The first-order valence-electron chi connectivity index (χ1n) is 11.0. The van der Waals surface area contributed by atoms with Gasteiger partial charge in [-0.3, -0.25) is 14.8 Å². The van der Waals surface area contributed by atoms with Crippen molar-refractivity contribution in [1.29, 1.82) is 0 Å². The van der Waals surface area contributed by atoms with Crippen LogP contribution < -0.4 is 10.6 Å². The fourth-order valence-corrected chi connectivity index (χ4v) is 4.13. The van der Waals surface area contributed by atoms with Crippen LogP contribution in [0.4, 0.5) is 0 Å². The van der Waals surface area contributed by atoms with E-state index in [1.807, 2.05) is 0 Å². The van der Waals surface area contributed by atoms with E-state index in [-0.39, 0.29) is 24.0 Å². The van der Waals surface area contributed by atoms with E-state index in [0.29, 0.717) is 30.0 Å². The fourth-order valence-electron chi connectivity index (χ4n) is 4.13. The molecule has 0 amide bonds. The second kappa shape index (κ2) is 13.2. The number of nitrogens with one attached hydrogen (secondary N) is 2. The molecule has 2 heterocycles. The molecule has 0 aliphatic carbocycles. The number of hydrogen-bond acceptors (Lipinski definition) is 4. The SMILES string of the molecule is CCNC(=NCC(CC(C)C)N1CCOCC1)NC1CN(C(C)C)CC1C.I. The van der Waals surface area contributed by atoms with Crippen LogP contribution in [0.2, 0.25) is 0 Å². The van der Waals surface area contributed by atoms with Gasteiger partial charge < -0.3 is 15.4 Å². The lowest BCUT2D eigenvalue weighted by Gasteiger charge is -2.34. The molecule has 2 fully saturated rings. The Kier molecular flexibility index (Phi) is 12.3. The third-order valence-corrected chi connectivity index (χ3v) is 5.80. The Morgan fingerprint density at radius 3 is 2.32 bits per heavy atom. The second-order valence-corrected chi connectivity index (χ2v) is 8.93. The van der Waals surface area contributed by atoms with E-state index >= 15 is 0 Å². The summed E-state index contributed by atoms with van der Waals surface area (Å²) in [5, 5.41) is 7.18. The lowest BCUT2D eigenvalue weighted by atomic mass is 10.0. The first-order valence-corrected chi connectivity index (χ1v) is 11.0. The van der Waals surface area contributed by atoms with Gasteiger partial charge in [0.2, 0.25) is 0 Å². The van der Waals surface area contributed by atoms with Gasteiger partial charge in [0.15, 0.2) is 5.96 Å². The zero-order chi connectivity index (χ0) is 19.8. The molecule has 7 heteroatoms. The molecule has 2 rings (SSSR count). The predicted octanol–water partition coefficient (Wildman–Crippen LogP) is 2.64. The average molecular weight is 510 g/mol. The van der Waals surface area contributed by atoms with Crippen LogP contribution in [-0.4, -0.2) is 86.4 Å². The van der Waals surface area contributed by atoms with Gasteiger partial charge in [0, 0.05) is 50.8 Å². The summed E-state index contributed by atoms with van der Waals surface area (Å²) in [6, 6.07) is 1.57. The van der Waals surface area contributed by atoms with Crippen LogP contribution in [0.3, 0.4) is 0 Å². The van der Waals surface area contributed by atoms with Gasteiger partial charge in [-0.25, -0.2) is 0 Å². The molecule has 166 valence electrons. The number of hydrogen-bond donors (Lipinski definition) is 2. The summed E-state index contributed by atoms with van der Waals surface area (Å²) in [5.74, 6) is 2.29. The van der Waals surface area contributed by atoms with E-state index in [0.717, 1.165) is 51.9 Å². The number of guanidine groups is 1. The molecule has 0 aromatic heterocycles. The summed E-state index contributed by atoms with van der Waals surface area (Å²) in [7, 11) is 0. The maximum Gasteiger partial charge on any atom is 0.191 e. The zero-order valence-corrected chi connectivity index (χ0v) is 21.2. The largest absolute Gasteiger partial charge is 0.379 e. The Morgan fingerprint density at radius 1 is 1.11 bits per heavy atom. The van der Waals surface area contributed by atoms with Crippen molar-refractivity contribution >= 4 is 29.9 Å². The van der Waals surface area contributed by atoms with Gasteiger partial charge in [-0.1, -0.05) is 20.8 Å². The predicted molar refractivity (Wildman–Crippen MR) is 130 cm³/mol. The van der Waals surface area contributed by atoms with Gasteiger partial charge >= 0.3 is 0 Å². The molecule has 0 bridgehead atoms. The van der Waals surface area contributed by atoms with Gasteiger partial charge in [-0.05, 0) is 39.0 Å². The van der Waals surface area contributed by atoms with Crippen molar-refractivity contribution in [2.75, 3.05) is 52.5 Å². The van der Waals surface area contributed by atoms with Crippen LogP contribution in [0.15, 0.2) is 4.99 Å². The number of ether oxygens (including phenoxy) is 1. The van der Waals surface area contributed by atoms with Gasteiger partial charge in [0.05, 0.1) is 19.8 Å². The molecule has 3 unspecified atom stereocenters. The lowest BCUT2D eigenvalue weighted by molar-refractivity contribution is 0.0143. The molecule has 2 aliphatic heterocycles. The van der Waals surface area contributed by atoms with Crippen molar-refractivity contribution in [3.8, 4) is 0 Å². The third kappa shape index (κ3) is 8.32. The molecule has 0 aromatic rings. The molecule has 3 atom stereocenters. The maximum absolute atomic E-state index is 5.54. The summed E-state index contributed by atoms with van der Waals surface area (Å²) in [5.41, 5.74) is 0. The topological polar surface area (TPSA) is 52.1 Å². The molecule has 2 aliphatic rings. The molecule has 28 heavy (non-hydrogen) atoms. The monoisotopic (exact) mass is 509 g/mol. The van der Waals surface area contributed by atoms with E-state index in [9.17, 15) is 0 Å². The first-order chi connectivity index (χ1) is 12.9. The minimum Gasteiger partial charge on any atom is -0.379 e. The van der Waals surface area contributed by atoms with Crippen LogP contribution >= 0.6 is 24.0 Å². The van der Waals surface area contributed by atoms with E-state index in [1.54, 1.807) is 0 Å². The average Bonchev–Trinajstić information content (AvgIpc) is 3.00. The Balaban J connectivity index is 0.00000392. The van der Waals surface area contributed by atoms with E-state index in [1.165, 1.54) is 13.0 Å². The Morgan fingerprint density at radius 2 is 1.79 bits per heavy atom. The number of morpholine rings is 1. The molecule has 6 nitrogen and oxygen atoms in total. The highest BCUT2D eigenvalue weighted by molar-refractivity contribution is 14.0. The van der Waals surface area contributed by atoms with Crippen LogP contribution in [0, 0.1) is 11.8 Å². The van der Waals surface area contributed by atoms with E-state index < -0.39 is 0 Å². The Bertz CT molecular complexity index is 454. The van der Waals surface area contributed by atoms with E-state index in [4.69, 9.17) is 9.73 Å². The van der Waals surface area contributed by atoms with E-state index in [2.05, 4.69) is 62.0 Å². The van der Waals surface area contributed by atoms with Crippen molar-refractivity contribution < 1.29 is 4.74 Å². The van der Waals surface area contributed by atoms with Gasteiger partial charge in [-0.2, -0.15) is 0 Å². The minimum absolute atomic E-state index is 0. The highest BCUT2D eigenvalue weighted by Crippen LogP contribution is 2.19. The standard InChI is InChI=1S/C21H43N5O.HI/c1-7-22-21(24-20-15-26(17(4)5)14-18(20)6)23-13-19(12-16(2)3)25-8-10-27-11-9-25;/h16-20H,7-15H2,1-6H3,(H2,22,23,24);1H. The van der Waals surface area contributed by atoms with Gasteiger partial charge in [0.25, 0.3) is 0 Å². The molecular formula is C21H44IN5O. The highest BCUT2D eigenvalue weighted by Gasteiger charge is 2.31. The van der Waals surface area contributed by atoms with Crippen LogP contribution in [0.5, 0.6) is 0 Å². The van der Waals surface area contributed by atoms with Crippen LogP contribution in [0.25, 0.3) is 0 Å². The number of nitrogens with zero attached hydrogens (tertiary/aromatic N) is 3. The summed E-state index contributed by atoms with van der Waals surface area (Å²) in [4.78, 5) is 10.1. The molecule has 2 saturated heterocycles. The van der Waals surface area contributed by atoms with Crippen molar-refractivity contribution in [3.63, 3.8) is 0 Å². The number of likely N-dealkylation sites (tertiary alicyclic amines) is 1. The first kappa shape index (κ1) is 25.9. The van der Waals surface area contributed by atoms with Crippen molar-refractivity contribution in [1.82, 2.24) is 20.4 Å². The summed E-state index contributed by atoms with van der Waals surface area (Å²) >= 11 is 0. The molecule has 0 spiro atoms. The third-order valence-electron chi connectivity index (χ3n) is 5.80. The molecule has 0 radical (unpaired) electrons. The van der Waals surface area contributed by atoms with Crippen molar-refractivity contribution in [2.45, 2.75) is 66.1 Å². The lowest BCUT2D eigenvalue weighted by Crippen LogP contribution is -2.48. The van der Waals surface area contributed by atoms with Gasteiger partial charge in [0.1, 0.15) is 0 Å².